The van der Waals surface area contributed by atoms with Crippen molar-refractivity contribution in [2.75, 3.05) is 45.8 Å². The van der Waals surface area contributed by atoms with Crippen molar-refractivity contribution in [3.05, 3.63) is 35.9 Å². The number of hydrogen-bond acceptors (Lipinski definition) is 4. The maximum absolute atomic E-state index is 12.1. The van der Waals surface area contributed by atoms with Crippen LogP contribution in [0.2, 0.25) is 0 Å². The summed E-state index contributed by atoms with van der Waals surface area (Å²) in [4.78, 5) is 17.1. The van der Waals surface area contributed by atoms with Gasteiger partial charge in [0.1, 0.15) is 0 Å². The van der Waals surface area contributed by atoms with Gasteiger partial charge in [0.15, 0.2) is 0 Å². The Labute approximate surface area is 146 Å². The smallest absolute Gasteiger partial charge is 0.221 e. The zero-order valence-corrected chi connectivity index (χ0v) is 15.1. The average molecular weight is 332 g/mol. The molecule has 0 radical (unpaired) electrons. The number of carbonyl (C=O) groups is 1. The van der Waals surface area contributed by atoms with E-state index in [1.54, 1.807) is 0 Å². The molecule has 3 N–H and O–H groups in total. The molecule has 24 heavy (non-hydrogen) atoms. The minimum Gasteiger partial charge on any atom is -0.356 e. The molecule has 1 aliphatic rings. The first-order valence-electron chi connectivity index (χ1n) is 9.10. The minimum atomic E-state index is -0.233. The summed E-state index contributed by atoms with van der Waals surface area (Å²) in [5.41, 5.74) is 7.11. The number of hydrogen-bond donors (Lipinski definition) is 2. The highest BCUT2D eigenvalue weighted by molar-refractivity contribution is 5.76. The van der Waals surface area contributed by atoms with Crippen molar-refractivity contribution in [2.45, 2.75) is 26.3 Å². The number of carbonyl (C=O) groups excluding carboxylic acids is 1. The Morgan fingerprint density at radius 1 is 1.17 bits per heavy atom. The van der Waals surface area contributed by atoms with E-state index in [-0.39, 0.29) is 11.9 Å². The van der Waals surface area contributed by atoms with Gasteiger partial charge < -0.3 is 20.9 Å². The zero-order chi connectivity index (χ0) is 17.4. The van der Waals surface area contributed by atoms with Gasteiger partial charge in [0.05, 0.1) is 0 Å². The van der Waals surface area contributed by atoms with E-state index in [9.17, 15) is 4.79 Å². The van der Waals surface area contributed by atoms with Gasteiger partial charge in [0.25, 0.3) is 0 Å². The summed E-state index contributed by atoms with van der Waals surface area (Å²) < 4.78 is 0. The third kappa shape index (κ3) is 6.23. The van der Waals surface area contributed by atoms with Crippen LogP contribution in [0, 0.1) is 5.92 Å². The Bertz CT molecular complexity index is 485. The monoisotopic (exact) mass is 332 g/mol. The molecule has 0 spiro atoms. The van der Waals surface area contributed by atoms with Crippen molar-refractivity contribution in [3.63, 3.8) is 0 Å². The standard InChI is InChI=1S/C19H32N4O/c1-3-22-9-11-23(12-10-22)15-16(2)14-21-19(24)13-18(20)17-7-5-4-6-8-17/h4-8,16,18H,3,9-15,20H2,1-2H3,(H,21,24). The fourth-order valence-corrected chi connectivity index (χ4v) is 3.17. The molecule has 0 bridgehead atoms. The van der Waals surface area contributed by atoms with Gasteiger partial charge in [0, 0.05) is 51.7 Å². The lowest BCUT2D eigenvalue weighted by atomic mass is 10.0. The Morgan fingerprint density at radius 2 is 1.79 bits per heavy atom. The van der Waals surface area contributed by atoms with E-state index in [0.717, 1.165) is 44.8 Å². The molecule has 0 aliphatic carbocycles. The van der Waals surface area contributed by atoms with Crippen LogP contribution in [-0.2, 0) is 4.79 Å². The summed E-state index contributed by atoms with van der Waals surface area (Å²) >= 11 is 0. The first-order valence-corrected chi connectivity index (χ1v) is 9.10. The number of piperazine rings is 1. The SMILES string of the molecule is CCN1CCN(CC(C)CNC(=O)CC(N)c2ccccc2)CC1. The summed E-state index contributed by atoms with van der Waals surface area (Å²) in [6.07, 6.45) is 0.339. The van der Waals surface area contributed by atoms with Crippen LogP contribution in [0.5, 0.6) is 0 Å². The highest BCUT2D eigenvalue weighted by Crippen LogP contribution is 2.13. The lowest BCUT2D eigenvalue weighted by molar-refractivity contribution is -0.121. The van der Waals surface area contributed by atoms with E-state index in [0.29, 0.717) is 18.9 Å². The second-order valence-electron chi connectivity index (χ2n) is 6.87. The highest BCUT2D eigenvalue weighted by Gasteiger charge is 2.18. The van der Waals surface area contributed by atoms with E-state index in [1.807, 2.05) is 30.3 Å². The summed E-state index contributed by atoms with van der Waals surface area (Å²) in [7, 11) is 0. The van der Waals surface area contributed by atoms with Crippen molar-refractivity contribution < 1.29 is 4.79 Å². The summed E-state index contributed by atoms with van der Waals surface area (Å²) in [5.74, 6) is 0.490. The second kappa shape index (κ2) is 9.77. The lowest BCUT2D eigenvalue weighted by Crippen LogP contribution is -2.48. The van der Waals surface area contributed by atoms with Crippen LogP contribution in [0.15, 0.2) is 30.3 Å². The zero-order valence-electron chi connectivity index (χ0n) is 15.1. The molecule has 0 saturated carbocycles. The maximum atomic E-state index is 12.1. The molecular formula is C19H32N4O. The van der Waals surface area contributed by atoms with Gasteiger partial charge in [-0.3, -0.25) is 4.79 Å². The van der Waals surface area contributed by atoms with Crippen LogP contribution in [-0.4, -0.2) is 61.5 Å². The fraction of sp³-hybridized carbons (Fsp3) is 0.632. The van der Waals surface area contributed by atoms with Crippen molar-refractivity contribution >= 4 is 5.91 Å². The van der Waals surface area contributed by atoms with E-state index in [4.69, 9.17) is 5.73 Å². The molecule has 2 unspecified atom stereocenters. The van der Waals surface area contributed by atoms with Gasteiger partial charge in [-0.2, -0.15) is 0 Å². The van der Waals surface area contributed by atoms with Gasteiger partial charge in [-0.05, 0) is 18.0 Å². The van der Waals surface area contributed by atoms with Crippen molar-refractivity contribution in [1.29, 1.82) is 0 Å². The lowest BCUT2D eigenvalue weighted by Gasteiger charge is -2.35. The second-order valence-corrected chi connectivity index (χ2v) is 6.87. The van der Waals surface area contributed by atoms with Crippen LogP contribution in [0.4, 0.5) is 0 Å². The molecule has 1 aliphatic heterocycles. The molecule has 1 fully saturated rings. The Hall–Kier alpha value is -1.43. The molecule has 1 saturated heterocycles. The Morgan fingerprint density at radius 3 is 2.42 bits per heavy atom. The maximum Gasteiger partial charge on any atom is 0.221 e. The van der Waals surface area contributed by atoms with Crippen molar-refractivity contribution in [3.8, 4) is 0 Å². The molecule has 1 aromatic rings. The fourth-order valence-electron chi connectivity index (χ4n) is 3.17. The number of likely N-dealkylation sites (N-methyl/N-ethyl adjacent to an activating group) is 1. The number of benzene rings is 1. The Kier molecular flexibility index (Phi) is 7.69. The van der Waals surface area contributed by atoms with Crippen LogP contribution >= 0.6 is 0 Å². The van der Waals surface area contributed by atoms with E-state index in [2.05, 4.69) is 29.0 Å². The predicted octanol–water partition coefficient (Wildman–Crippen LogP) is 1.47. The van der Waals surface area contributed by atoms with E-state index in [1.165, 1.54) is 0 Å². The third-order valence-electron chi connectivity index (χ3n) is 4.76. The number of nitrogens with two attached hydrogens (primary N) is 1. The minimum absolute atomic E-state index is 0.0361. The van der Waals surface area contributed by atoms with Crippen LogP contribution in [0.1, 0.15) is 31.9 Å². The van der Waals surface area contributed by atoms with Crippen molar-refractivity contribution in [2.24, 2.45) is 11.7 Å². The normalized spacial score (nSPS) is 19.0. The van der Waals surface area contributed by atoms with Crippen molar-refractivity contribution in [1.82, 2.24) is 15.1 Å². The van der Waals surface area contributed by atoms with E-state index < -0.39 is 0 Å². The van der Waals surface area contributed by atoms with Crippen LogP contribution in [0.25, 0.3) is 0 Å². The quantitative estimate of drug-likeness (QED) is 0.757. The van der Waals surface area contributed by atoms with Gasteiger partial charge in [-0.15, -0.1) is 0 Å². The van der Waals surface area contributed by atoms with Crippen LogP contribution in [0.3, 0.4) is 0 Å². The molecule has 0 aromatic heterocycles. The molecule has 1 aromatic carbocycles. The largest absolute Gasteiger partial charge is 0.356 e. The van der Waals surface area contributed by atoms with Gasteiger partial charge in [-0.1, -0.05) is 44.2 Å². The van der Waals surface area contributed by atoms with Gasteiger partial charge in [0.2, 0.25) is 5.91 Å². The van der Waals surface area contributed by atoms with Gasteiger partial charge in [-0.25, -0.2) is 0 Å². The molecule has 5 heteroatoms. The number of rotatable bonds is 8. The average Bonchev–Trinajstić information content (AvgIpc) is 2.61. The molecule has 5 nitrogen and oxygen atoms in total. The topological polar surface area (TPSA) is 61.6 Å². The van der Waals surface area contributed by atoms with E-state index >= 15 is 0 Å². The first-order chi connectivity index (χ1) is 11.6. The molecule has 1 heterocycles. The highest BCUT2D eigenvalue weighted by atomic mass is 16.1. The molecular weight excluding hydrogens is 300 g/mol. The third-order valence-corrected chi connectivity index (χ3v) is 4.76. The number of nitrogens with zero attached hydrogens (tertiary/aromatic N) is 2. The van der Waals surface area contributed by atoms with Crippen LogP contribution < -0.4 is 11.1 Å². The number of nitrogens with one attached hydrogen (secondary N) is 1. The summed E-state index contributed by atoms with van der Waals surface area (Å²) in [6, 6.07) is 9.57. The molecule has 2 rings (SSSR count). The summed E-state index contributed by atoms with van der Waals surface area (Å²) in [5, 5.41) is 3.04. The first kappa shape index (κ1) is 18.9. The Balaban J connectivity index is 1.64. The molecule has 1 amide bonds. The predicted molar refractivity (Wildman–Crippen MR) is 98.7 cm³/mol. The number of amides is 1. The molecule has 134 valence electrons. The van der Waals surface area contributed by atoms with Gasteiger partial charge >= 0.3 is 0 Å². The summed E-state index contributed by atoms with van der Waals surface area (Å²) in [6.45, 7) is 11.9. The molecule has 2 atom stereocenters.